The molecule has 14 nitrogen and oxygen atoms in total. The molecule has 5 aromatic rings. The van der Waals surface area contributed by atoms with E-state index in [2.05, 4.69) is 20.0 Å². The lowest BCUT2D eigenvalue weighted by molar-refractivity contribution is -0.746. The molecule has 6 rings (SSSR count). The SMILES string of the molecule is CSCCOP(=O)(NCCc1c[nH]c2ccccc12)OC[C@H]1O[C@@H]([n+]2cn(CCOc3ccc(Cl)cc3)c3c(=O)[nH]c(C)nc32)C(O)[C@H]1O. The van der Waals surface area contributed by atoms with Gasteiger partial charge in [0.25, 0.3) is 5.56 Å². The van der Waals surface area contributed by atoms with Gasteiger partial charge in [0.15, 0.2) is 12.2 Å². The van der Waals surface area contributed by atoms with Crippen molar-refractivity contribution in [3.8, 4) is 5.75 Å². The van der Waals surface area contributed by atoms with Crippen molar-refractivity contribution in [2.45, 2.75) is 44.4 Å². The van der Waals surface area contributed by atoms with Gasteiger partial charge in [0, 0.05) is 41.3 Å². The van der Waals surface area contributed by atoms with Crippen LogP contribution in [0.15, 0.2) is 65.8 Å². The van der Waals surface area contributed by atoms with Crippen LogP contribution in [0.3, 0.4) is 0 Å². The highest BCUT2D eigenvalue weighted by Gasteiger charge is 2.48. The van der Waals surface area contributed by atoms with E-state index in [0.29, 0.717) is 35.3 Å². The number of H-pyrrole nitrogens is 2. The van der Waals surface area contributed by atoms with Crippen LogP contribution in [0.2, 0.25) is 5.02 Å². The van der Waals surface area contributed by atoms with Gasteiger partial charge in [-0.15, -0.1) is 0 Å². The van der Waals surface area contributed by atoms with Gasteiger partial charge in [0.2, 0.25) is 11.7 Å². The Morgan fingerprint density at radius 2 is 1.94 bits per heavy atom. The zero-order valence-electron chi connectivity index (χ0n) is 27.0. The van der Waals surface area contributed by atoms with Crippen LogP contribution in [0.1, 0.15) is 17.6 Å². The summed E-state index contributed by atoms with van der Waals surface area (Å²) in [5.41, 5.74) is 2.16. The summed E-state index contributed by atoms with van der Waals surface area (Å²) < 4.78 is 40.4. The fourth-order valence-electron chi connectivity index (χ4n) is 5.72. The molecular formula is C32H39ClN6O8PS+. The Labute approximate surface area is 291 Å². The van der Waals surface area contributed by atoms with Crippen LogP contribution in [0.25, 0.3) is 22.1 Å². The fourth-order valence-corrected chi connectivity index (χ4v) is 7.54. The minimum Gasteiger partial charge on any atom is -0.490 e. The largest absolute Gasteiger partial charge is 0.490 e. The smallest absolute Gasteiger partial charge is 0.405 e. The average molecular weight is 734 g/mol. The molecule has 1 saturated heterocycles. The minimum absolute atomic E-state index is 0.175. The number of rotatable bonds is 16. The Morgan fingerprint density at radius 3 is 2.73 bits per heavy atom. The van der Waals surface area contributed by atoms with Crippen LogP contribution in [-0.2, 0) is 31.3 Å². The molecule has 0 radical (unpaired) electrons. The number of hydrogen-bond donors (Lipinski definition) is 5. The van der Waals surface area contributed by atoms with E-state index in [1.54, 1.807) is 42.1 Å². The Balaban J connectivity index is 1.15. The van der Waals surface area contributed by atoms with Gasteiger partial charge in [-0.05, 0) is 48.6 Å². The van der Waals surface area contributed by atoms with Crippen molar-refractivity contribution >= 4 is 53.2 Å². The lowest BCUT2D eigenvalue weighted by Crippen LogP contribution is -2.46. The highest BCUT2D eigenvalue weighted by atomic mass is 35.5. The van der Waals surface area contributed by atoms with E-state index >= 15 is 0 Å². The number of nitrogens with one attached hydrogen (secondary N) is 3. The summed E-state index contributed by atoms with van der Waals surface area (Å²) in [5, 5.41) is 26.8. The summed E-state index contributed by atoms with van der Waals surface area (Å²) in [6.07, 6.45) is 0.944. The normalized spacial score (nSPS) is 20.7. The number of imidazole rings is 1. The third-order valence-electron chi connectivity index (χ3n) is 8.15. The predicted octanol–water partition coefficient (Wildman–Crippen LogP) is 3.49. The quantitative estimate of drug-likeness (QED) is 0.0570. The summed E-state index contributed by atoms with van der Waals surface area (Å²) in [6.45, 7) is 2.25. The molecule has 1 aliphatic heterocycles. The maximum absolute atomic E-state index is 13.8. The molecular weight excluding hydrogens is 695 g/mol. The molecule has 0 spiro atoms. The number of halogens is 1. The zero-order chi connectivity index (χ0) is 34.5. The number of aliphatic hydroxyl groups is 2. The number of fused-ring (bicyclic) bond motifs is 2. The maximum Gasteiger partial charge on any atom is 0.405 e. The molecule has 17 heteroatoms. The maximum atomic E-state index is 13.8. The molecule has 0 amide bonds. The second-order valence-electron chi connectivity index (χ2n) is 11.5. The first kappa shape index (κ1) is 35.6. The molecule has 5 atom stereocenters. The Kier molecular flexibility index (Phi) is 11.4. The first-order valence-electron chi connectivity index (χ1n) is 15.7. The van der Waals surface area contributed by atoms with Gasteiger partial charge < -0.3 is 24.7 Å². The van der Waals surface area contributed by atoms with Gasteiger partial charge in [0.05, 0.1) is 13.2 Å². The van der Waals surface area contributed by atoms with Gasteiger partial charge >= 0.3 is 13.4 Å². The van der Waals surface area contributed by atoms with Crippen molar-refractivity contribution in [3.63, 3.8) is 0 Å². The third-order valence-corrected chi connectivity index (χ3v) is 10.6. The summed E-state index contributed by atoms with van der Waals surface area (Å²) in [5.74, 6) is 1.56. The summed E-state index contributed by atoms with van der Waals surface area (Å²) >= 11 is 7.50. The average Bonchev–Trinajstić information content (AvgIpc) is 3.75. The molecule has 4 heterocycles. The minimum atomic E-state index is -3.84. The topological polar surface area (TPSA) is 177 Å². The highest BCUT2D eigenvalue weighted by molar-refractivity contribution is 7.98. The van der Waals surface area contributed by atoms with E-state index in [-0.39, 0.29) is 43.1 Å². The first-order chi connectivity index (χ1) is 23.7. The van der Waals surface area contributed by atoms with Crippen molar-refractivity contribution < 1.29 is 37.9 Å². The number of thioether (sulfide) groups is 1. The van der Waals surface area contributed by atoms with Gasteiger partial charge in [-0.3, -0.25) is 23.4 Å². The van der Waals surface area contributed by atoms with Crippen LogP contribution in [-0.4, -0.2) is 86.4 Å². The van der Waals surface area contributed by atoms with E-state index in [1.807, 2.05) is 36.7 Å². The number of ether oxygens (including phenoxy) is 2. The molecule has 0 bridgehead atoms. The number of para-hydroxylation sites is 1. The first-order valence-corrected chi connectivity index (χ1v) is 19.1. The van der Waals surface area contributed by atoms with Crippen LogP contribution >= 0.6 is 31.1 Å². The standard InChI is InChI=1S/C32H38ClN6O8PS/c1-20-36-30-27(31(42)37-20)38(13-14-44-23-9-7-22(33)8-10-23)19-39(30)32-29(41)28(40)26(47-32)18-46-48(43,45-15-16-49-2)35-12-11-21-17-34-25-6-4-3-5-24(21)25/h3-10,17,19,26,28-29,32,34,40-41H,11-16,18H2,1-2H3,(H-,35,36,37,42,43)/p+1/t26-,28+,29?,32-,48?/m1/s1. The predicted molar refractivity (Wildman–Crippen MR) is 186 cm³/mol. The summed E-state index contributed by atoms with van der Waals surface area (Å²) in [7, 11) is -3.84. The highest BCUT2D eigenvalue weighted by Crippen LogP contribution is 2.44. The molecule has 5 N–H and O–H groups in total. The number of hydrogen-bond acceptors (Lipinski definition) is 10. The van der Waals surface area contributed by atoms with E-state index in [1.165, 1.54) is 16.3 Å². The van der Waals surface area contributed by atoms with Crippen molar-refractivity contribution in [3.05, 3.63) is 87.8 Å². The number of aliphatic hydroxyl groups excluding tert-OH is 2. The lowest BCUT2D eigenvalue weighted by atomic mass is 10.1. The molecule has 2 aromatic carbocycles. The number of nitrogens with zero attached hydrogens (tertiary/aromatic N) is 3. The third kappa shape index (κ3) is 8.22. The fraction of sp³-hybridized carbons (Fsp3) is 0.406. The second-order valence-corrected chi connectivity index (χ2v) is 14.8. The molecule has 0 aliphatic carbocycles. The van der Waals surface area contributed by atoms with Crippen molar-refractivity contribution in [1.82, 2.24) is 24.6 Å². The molecule has 3 aromatic heterocycles. The molecule has 0 saturated carbocycles. The Morgan fingerprint density at radius 1 is 1.14 bits per heavy atom. The van der Waals surface area contributed by atoms with E-state index in [9.17, 15) is 19.6 Å². The van der Waals surface area contributed by atoms with Crippen LogP contribution < -0.4 is 20.0 Å². The monoisotopic (exact) mass is 733 g/mol. The number of aromatic amines is 2. The Hall–Kier alpha value is -3.24. The molecule has 49 heavy (non-hydrogen) atoms. The van der Waals surface area contributed by atoms with Crippen LogP contribution in [0.4, 0.5) is 0 Å². The molecule has 2 unspecified atom stereocenters. The van der Waals surface area contributed by atoms with Gasteiger partial charge in [-0.25, -0.2) is 14.2 Å². The van der Waals surface area contributed by atoms with Crippen LogP contribution in [0, 0.1) is 6.92 Å². The van der Waals surface area contributed by atoms with Crippen molar-refractivity contribution in [2.75, 3.05) is 38.4 Å². The van der Waals surface area contributed by atoms with Crippen molar-refractivity contribution in [2.24, 2.45) is 0 Å². The number of aromatic nitrogens is 5. The lowest BCUT2D eigenvalue weighted by Gasteiger charge is -2.22. The summed E-state index contributed by atoms with van der Waals surface area (Å²) in [6, 6.07) is 14.8. The zero-order valence-corrected chi connectivity index (χ0v) is 29.4. The van der Waals surface area contributed by atoms with E-state index in [4.69, 9.17) is 30.1 Å². The Bertz CT molecular complexity index is 1990. The molecule has 1 aliphatic rings. The summed E-state index contributed by atoms with van der Waals surface area (Å²) in [4.78, 5) is 23.5. The molecule has 262 valence electrons. The van der Waals surface area contributed by atoms with Crippen LogP contribution in [0.5, 0.6) is 5.75 Å². The van der Waals surface area contributed by atoms with Gasteiger partial charge in [0.1, 0.15) is 37.2 Å². The van der Waals surface area contributed by atoms with E-state index < -0.39 is 32.3 Å². The number of aryl methyl sites for hydroxylation is 1. The number of benzene rings is 2. The van der Waals surface area contributed by atoms with Gasteiger partial charge in [-0.1, -0.05) is 34.8 Å². The second kappa shape index (κ2) is 15.8. The van der Waals surface area contributed by atoms with Gasteiger partial charge in [-0.2, -0.15) is 11.8 Å². The van der Waals surface area contributed by atoms with E-state index in [0.717, 1.165) is 16.5 Å². The molecule has 1 fully saturated rings. The van der Waals surface area contributed by atoms with Crippen molar-refractivity contribution in [1.29, 1.82) is 0 Å².